The van der Waals surface area contributed by atoms with E-state index in [0.29, 0.717) is 5.92 Å². The number of aryl methyl sites for hydroxylation is 1. The van der Waals surface area contributed by atoms with Gasteiger partial charge in [0.2, 0.25) is 5.82 Å². The van der Waals surface area contributed by atoms with E-state index >= 15 is 0 Å². The van der Waals surface area contributed by atoms with E-state index in [9.17, 15) is 0 Å². The Balaban J connectivity index is 2.55. The fraction of sp³-hybridized carbons (Fsp3) is 0.267. The van der Waals surface area contributed by atoms with Crippen molar-refractivity contribution in [3.63, 3.8) is 0 Å². The Morgan fingerprint density at radius 2 is 2.00 bits per heavy atom. The lowest BCUT2D eigenvalue weighted by Gasteiger charge is -2.10. The minimum Gasteiger partial charge on any atom is -0.227 e. The average Bonchev–Trinajstić information content (AvgIpc) is 2.39. The van der Waals surface area contributed by atoms with E-state index in [0.717, 1.165) is 16.8 Å². The number of aromatic nitrogens is 2. The Hall–Kier alpha value is -2.21. The van der Waals surface area contributed by atoms with Crippen molar-refractivity contribution in [3.8, 4) is 17.3 Å². The van der Waals surface area contributed by atoms with Crippen molar-refractivity contribution in [2.45, 2.75) is 26.7 Å². The van der Waals surface area contributed by atoms with Crippen LogP contribution in [0.4, 0.5) is 0 Å². The van der Waals surface area contributed by atoms with Gasteiger partial charge < -0.3 is 0 Å². The Kier molecular flexibility index (Phi) is 3.38. The van der Waals surface area contributed by atoms with E-state index in [1.165, 1.54) is 5.56 Å². The summed E-state index contributed by atoms with van der Waals surface area (Å²) in [5, 5.41) is 8.85. The zero-order valence-corrected chi connectivity index (χ0v) is 10.8. The third-order valence-electron chi connectivity index (χ3n) is 2.96. The largest absolute Gasteiger partial charge is 0.232 e. The van der Waals surface area contributed by atoms with Crippen molar-refractivity contribution in [1.82, 2.24) is 9.97 Å². The van der Waals surface area contributed by atoms with Gasteiger partial charge in [0, 0.05) is 11.8 Å². The van der Waals surface area contributed by atoms with Crippen molar-refractivity contribution in [1.29, 1.82) is 5.26 Å². The molecule has 0 fully saturated rings. The first kappa shape index (κ1) is 12.3. The monoisotopic (exact) mass is 237 g/mol. The number of rotatable bonds is 2. The third-order valence-corrected chi connectivity index (χ3v) is 2.96. The van der Waals surface area contributed by atoms with Crippen LogP contribution in [0.5, 0.6) is 0 Å². The van der Waals surface area contributed by atoms with Crippen LogP contribution in [0.1, 0.15) is 36.7 Å². The van der Waals surface area contributed by atoms with Gasteiger partial charge in [0.15, 0.2) is 0 Å². The molecule has 1 aromatic heterocycles. The SMILES string of the molecule is Cc1ccc(C(C)C)cc1-c1ccnc(C#N)n1. The molecule has 0 saturated heterocycles. The van der Waals surface area contributed by atoms with Crippen molar-refractivity contribution in [3.05, 3.63) is 47.4 Å². The van der Waals surface area contributed by atoms with Gasteiger partial charge in [-0.05, 0) is 36.1 Å². The van der Waals surface area contributed by atoms with Gasteiger partial charge in [0.1, 0.15) is 6.07 Å². The van der Waals surface area contributed by atoms with Gasteiger partial charge in [-0.3, -0.25) is 0 Å². The van der Waals surface area contributed by atoms with Gasteiger partial charge in [-0.2, -0.15) is 5.26 Å². The van der Waals surface area contributed by atoms with E-state index in [4.69, 9.17) is 5.26 Å². The van der Waals surface area contributed by atoms with Crippen molar-refractivity contribution >= 4 is 0 Å². The Morgan fingerprint density at radius 1 is 1.22 bits per heavy atom. The molecule has 1 aromatic carbocycles. The molecule has 0 spiro atoms. The smallest absolute Gasteiger partial charge is 0.227 e. The Labute approximate surface area is 107 Å². The standard InChI is InChI=1S/C15H15N3/c1-10(2)12-5-4-11(3)13(8-12)14-6-7-17-15(9-16)18-14/h4-8,10H,1-3H3. The van der Waals surface area contributed by atoms with Crippen LogP contribution in [-0.2, 0) is 0 Å². The van der Waals surface area contributed by atoms with E-state index in [-0.39, 0.29) is 5.82 Å². The molecule has 3 heteroatoms. The molecule has 1 heterocycles. The van der Waals surface area contributed by atoms with Gasteiger partial charge in [0.25, 0.3) is 0 Å². The lowest BCUT2D eigenvalue weighted by Crippen LogP contribution is -1.95. The van der Waals surface area contributed by atoms with Crippen LogP contribution in [0.25, 0.3) is 11.3 Å². The molecule has 0 amide bonds. The summed E-state index contributed by atoms with van der Waals surface area (Å²) in [7, 11) is 0. The van der Waals surface area contributed by atoms with Crippen LogP contribution in [0.15, 0.2) is 30.5 Å². The Morgan fingerprint density at radius 3 is 2.67 bits per heavy atom. The molecule has 0 aliphatic carbocycles. The van der Waals surface area contributed by atoms with Crippen LogP contribution in [0.2, 0.25) is 0 Å². The molecule has 0 saturated carbocycles. The van der Waals surface area contributed by atoms with Gasteiger partial charge in [-0.15, -0.1) is 0 Å². The predicted molar refractivity (Wildman–Crippen MR) is 71.0 cm³/mol. The van der Waals surface area contributed by atoms with Gasteiger partial charge in [0.05, 0.1) is 5.69 Å². The summed E-state index contributed by atoms with van der Waals surface area (Å²) >= 11 is 0. The van der Waals surface area contributed by atoms with Crippen molar-refractivity contribution in [2.75, 3.05) is 0 Å². The second kappa shape index (κ2) is 4.97. The summed E-state index contributed by atoms with van der Waals surface area (Å²) in [5.41, 5.74) is 4.30. The molecule has 0 bridgehead atoms. The van der Waals surface area contributed by atoms with E-state index < -0.39 is 0 Å². The average molecular weight is 237 g/mol. The normalized spacial score (nSPS) is 10.4. The molecule has 2 aromatic rings. The van der Waals surface area contributed by atoms with E-state index in [1.54, 1.807) is 6.20 Å². The summed E-state index contributed by atoms with van der Waals surface area (Å²) < 4.78 is 0. The van der Waals surface area contributed by atoms with Crippen LogP contribution >= 0.6 is 0 Å². The van der Waals surface area contributed by atoms with Crippen molar-refractivity contribution < 1.29 is 0 Å². The minimum atomic E-state index is 0.210. The summed E-state index contributed by atoms with van der Waals surface area (Å²) in [4.78, 5) is 8.15. The van der Waals surface area contributed by atoms with Crippen LogP contribution in [0, 0.1) is 18.3 Å². The van der Waals surface area contributed by atoms with E-state index in [2.05, 4.69) is 42.0 Å². The maximum Gasteiger partial charge on any atom is 0.232 e. The highest BCUT2D eigenvalue weighted by Crippen LogP contribution is 2.25. The topological polar surface area (TPSA) is 49.6 Å². The summed E-state index contributed by atoms with van der Waals surface area (Å²) in [6, 6.07) is 10.2. The molecular weight excluding hydrogens is 222 g/mol. The van der Waals surface area contributed by atoms with Crippen LogP contribution in [-0.4, -0.2) is 9.97 Å². The lowest BCUT2D eigenvalue weighted by molar-refractivity contribution is 0.866. The molecule has 90 valence electrons. The zero-order valence-electron chi connectivity index (χ0n) is 10.8. The van der Waals surface area contributed by atoms with Gasteiger partial charge in [-0.1, -0.05) is 26.0 Å². The quantitative estimate of drug-likeness (QED) is 0.803. The van der Waals surface area contributed by atoms with Crippen LogP contribution in [0.3, 0.4) is 0 Å². The molecule has 0 unspecified atom stereocenters. The first-order chi connectivity index (χ1) is 8.61. The molecular formula is C15H15N3. The van der Waals surface area contributed by atoms with Gasteiger partial charge in [-0.25, -0.2) is 9.97 Å². The fourth-order valence-electron chi connectivity index (χ4n) is 1.84. The second-order valence-corrected chi connectivity index (χ2v) is 4.61. The Bertz CT molecular complexity index is 609. The molecule has 3 nitrogen and oxygen atoms in total. The highest BCUT2D eigenvalue weighted by Gasteiger charge is 2.08. The maximum atomic E-state index is 8.85. The first-order valence-electron chi connectivity index (χ1n) is 5.96. The molecule has 0 radical (unpaired) electrons. The number of benzene rings is 1. The number of nitriles is 1. The molecule has 0 aliphatic rings. The molecule has 0 atom stereocenters. The van der Waals surface area contributed by atoms with Gasteiger partial charge >= 0.3 is 0 Å². The number of hydrogen-bond acceptors (Lipinski definition) is 3. The third kappa shape index (κ3) is 2.38. The maximum absolute atomic E-state index is 8.85. The van der Waals surface area contributed by atoms with E-state index in [1.807, 2.05) is 19.1 Å². The predicted octanol–water partition coefficient (Wildman–Crippen LogP) is 3.45. The van der Waals surface area contributed by atoms with Crippen molar-refractivity contribution in [2.24, 2.45) is 0 Å². The highest BCUT2D eigenvalue weighted by atomic mass is 14.9. The highest BCUT2D eigenvalue weighted by molar-refractivity contribution is 5.64. The lowest BCUT2D eigenvalue weighted by atomic mass is 9.96. The summed E-state index contributed by atoms with van der Waals surface area (Å²) in [6.07, 6.45) is 1.63. The number of hydrogen-bond donors (Lipinski definition) is 0. The second-order valence-electron chi connectivity index (χ2n) is 4.61. The molecule has 0 N–H and O–H groups in total. The number of nitrogens with zero attached hydrogens (tertiary/aromatic N) is 3. The van der Waals surface area contributed by atoms with Crippen LogP contribution < -0.4 is 0 Å². The summed E-state index contributed by atoms with van der Waals surface area (Å²) in [6.45, 7) is 6.37. The fourth-order valence-corrected chi connectivity index (χ4v) is 1.84. The summed E-state index contributed by atoms with van der Waals surface area (Å²) in [5.74, 6) is 0.684. The zero-order chi connectivity index (χ0) is 13.1. The molecule has 2 rings (SSSR count). The first-order valence-corrected chi connectivity index (χ1v) is 5.96. The molecule has 18 heavy (non-hydrogen) atoms. The minimum absolute atomic E-state index is 0.210. The molecule has 0 aliphatic heterocycles.